The Kier molecular flexibility index (Phi) is 9.27. The Morgan fingerprint density at radius 1 is 1.15 bits per heavy atom. The molecular formula is C19H25F6N3O5S. The van der Waals surface area contributed by atoms with Gasteiger partial charge in [-0.1, -0.05) is 0 Å². The molecule has 0 radical (unpaired) electrons. The Morgan fingerprint density at radius 2 is 1.68 bits per heavy atom. The second kappa shape index (κ2) is 11.2. The summed E-state index contributed by atoms with van der Waals surface area (Å²) in [6.45, 7) is 4.50. The molecule has 1 aromatic heterocycles. The van der Waals surface area contributed by atoms with Crippen LogP contribution in [0.15, 0.2) is 12.4 Å². The van der Waals surface area contributed by atoms with E-state index in [0.717, 1.165) is 19.1 Å². The number of hydrogen-bond donors (Lipinski definition) is 2. The molecule has 15 heteroatoms. The van der Waals surface area contributed by atoms with Gasteiger partial charge in [0.25, 0.3) is 0 Å². The number of aromatic nitrogens is 2. The standard InChI is InChI=1S/C15H23N3OS.2C2HF3O2/c1-17-6-13(5-16-17)7-18-10-15(11-18)4-14(9-20-15)19-8-12-2-3-12;2*3-2(4,5)1(6)7/h5-6,12,14H,2-4,7-11H2,1H3;2*(H,6,7). The molecule has 1 spiro atoms. The molecule has 2 saturated heterocycles. The molecule has 0 bridgehead atoms. The number of alkyl halides is 6. The average molecular weight is 521 g/mol. The number of carbonyl (C=O) groups is 2. The summed E-state index contributed by atoms with van der Waals surface area (Å²) in [5, 5.41) is 18.5. The summed E-state index contributed by atoms with van der Waals surface area (Å²) in [7, 11) is 1.98. The first-order chi connectivity index (χ1) is 15.6. The van der Waals surface area contributed by atoms with Crippen molar-refractivity contribution < 1.29 is 50.9 Å². The zero-order valence-electron chi connectivity index (χ0n) is 18.1. The first-order valence-corrected chi connectivity index (χ1v) is 11.1. The normalized spacial score (nSPS) is 21.7. The fraction of sp³-hybridized carbons (Fsp3) is 0.737. The molecule has 0 aromatic carbocycles. The van der Waals surface area contributed by atoms with E-state index in [1.165, 1.54) is 43.7 Å². The second-order valence-electron chi connectivity index (χ2n) is 8.37. The lowest BCUT2D eigenvalue weighted by Gasteiger charge is -2.47. The van der Waals surface area contributed by atoms with E-state index >= 15 is 0 Å². The van der Waals surface area contributed by atoms with Gasteiger partial charge >= 0.3 is 24.3 Å². The highest BCUT2D eigenvalue weighted by Gasteiger charge is 2.49. The lowest BCUT2D eigenvalue weighted by Crippen LogP contribution is -2.58. The van der Waals surface area contributed by atoms with Crippen LogP contribution in [-0.2, 0) is 27.9 Å². The van der Waals surface area contributed by atoms with Crippen molar-refractivity contribution in [2.75, 3.05) is 25.4 Å². The maximum atomic E-state index is 10.6. The molecular weight excluding hydrogens is 496 g/mol. The largest absolute Gasteiger partial charge is 0.490 e. The molecule has 3 heterocycles. The molecule has 34 heavy (non-hydrogen) atoms. The Morgan fingerprint density at radius 3 is 2.09 bits per heavy atom. The summed E-state index contributed by atoms with van der Waals surface area (Å²) >= 11 is 2.14. The number of aryl methyl sites for hydroxylation is 1. The van der Waals surface area contributed by atoms with Crippen LogP contribution in [0.1, 0.15) is 24.8 Å². The first-order valence-electron chi connectivity index (χ1n) is 10.2. The fourth-order valence-corrected chi connectivity index (χ4v) is 4.98. The molecule has 1 aliphatic carbocycles. The van der Waals surface area contributed by atoms with Crippen molar-refractivity contribution in [1.82, 2.24) is 14.7 Å². The highest BCUT2D eigenvalue weighted by atomic mass is 32.2. The van der Waals surface area contributed by atoms with Gasteiger partial charge in [0.1, 0.15) is 0 Å². The van der Waals surface area contributed by atoms with Gasteiger partial charge in [-0.2, -0.15) is 31.4 Å². The zero-order valence-corrected chi connectivity index (χ0v) is 18.9. The quantitative estimate of drug-likeness (QED) is 0.570. The molecule has 1 atom stereocenters. The second-order valence-corrected chi connectivity index (χ2v) is 9.86. The smallest absolute Gasteiger partial charge is 0.475 e. The molecule has 194 valence electrons. The number of likely N-dealkylation sites (tertiary alicyclic amines) is 1. The molecule has 1 unspecified atom stereocenters. The molecule has 8 nitrogen and oxygen atoms in total. The minimum Gasteiger partial charge on any atom is -0.475 e. The number of aliphatic carboxylic acids is 2. The topological polar surface area (TPSA) is 105 Å². The van der Waals surface area contributed by atoms with E-state index in [2.05, 4.69) is 28.0 Å². The SMILES string of the molecule is Cn1cc(CN2CC3(CC(OCC4CC4)CS3)C2)cn1.O=C(O)C(F)(F)F.O=C(O)C(F)(F)F. The molecule has 2 aliphatic heterocycles. The maximum Gasteiger partial charge on any atom is 0.490 e. The van der Waals surface area contributed by atoms with E-state index in [-0.39, 0.29) is 0 Å². The number of halogens is 6. The van der Waals surface area contributed by atoms with Crippen LogP contribution in [0, 0.1) is 5.92 Å². The first kappa shape index (κ1) is 28.2. The van der Waals surface area contributed by atoms with Crippen molar-refractivity contribution in [3.05, 3.63) is 18.0 Å². The third kappa shape index (κ3) is 9.33. The van der Waals surface area contributed by atoms with Gasteiger partial charge in [-0.05, 0) is 25.2 Å². The average Bonchev–Trinajstić information content (AvgIpc) is 3.27. The van der Waals surface area contributed by atoms with Gasteiger partial charge in [-0.3, -0.25) is 9.58 Å². The van der Waals surface area contributed by atoms with Gasteiger partial charge in [0.2, 0.25) is 0 Å². The Hall–Kier alpha value is -2.00. The Labute approximate surface area is 195 Å². The van der Waals surface area contributed by atoms with E-state index in [4.69, 9.17) is 24.5 Å². The number of nitrogens with zero attached hydrogens (tertiary/aromatic N) is 3. The van der Waals surface area contributed by atoms with Crippen LogP contribution in [0.5, 0.6) is 0 Å². The highest BCUT2D eigenvalue weighted by Crippen LogP contribution is 2.46. The van der Waals surface area contributed by atoms with Crippen LogP contribution >= 0.6 is 11.8 Å². The molecule has 3 fully saturated rings. The van der Waals surface area contributed by atoms with Crippen molar-refractivity contribution in [1.29, 1.82) is 0 Å². The lowest BCUT2D eigenvalue weighted by atomic mass is 9.92. The third-order valence-corrected chi connectivity index (χ3v) is 6.69. The summed E-state index contributed by atoms with van der Waals surface area (Å²) in [5.74, 6) is -3.42. The zero-order chi connectivity index (χ0) is 25.7. The van der Waals surface area contributed by atoms with Crippen molar-refractivity contribution >= 4 is 23.7 Å². The van der Waals surface area contributed by atoms with Crippen LogP contribution in [-0.4, -0.2) is 85.5 Å². The molecule has 1 saturated carbocycles. The van der Waals surface area contributed by atoms with Crippen LogP contribution in [0.4, 0.5) is 26.3 Å². The van der Waals surface area contributed by atoms with Crippen molar-refractivity contribution in [2.24, 2.45) is 13.0 Å². The predicted octanol–water partition coefficient (Wildman–Crippen LogP) is 3.17. The van der Waals surface area contributed by atoms with Gasteiger partial charge < -0.3 is 14.9 Å². The van der Waals surface area contributed by atoms with Crippen LogP contribution in [0.3, 0.4) is 0 Å². The van der Waals surface area contributed by atoms with Crippen LogP contribution in [0.2, 0.25) is 0 Å². The number of carboxylic acid groups (broad SMARTS) is 2. The monoisotopic (exact) mass is 521 g/mol. The van der Waals surface area contributed by atoms with E-state index in [1.807, 2.05) is 17.9 Å². The predicted molar refractivity (Wildman–Crippen MR) is 108 cm³/mol. The van der Waals surface area contributed by atoms with E-state index in [0.29, 0.717) is 10.9 Å². The number of rotatable bonds is 5. The van der Waals surface area contributed by atoms with Gasteiger partial charge in [0, 0.05) is 55.5 Å². The fourth-order valence-electron chi connectivity index (χ4n) is 3.38. The molecule has 2 N–H and O–H groups in total. The minimum atomic E-state index is -5.08. The lowest BCUT2D eigenvalue weighted by molar-refractivity contribution is -0.193. The number of hydrogen-bond acceptors (Lipinski definition) is 6. The summed E-state index contributed by atoms with van der Waals surface area (Å²) in [6, 6.07) is 0. The van der Waals surface area contributed by atoms with Gasteiger partial charge in [-0.25, -0.2) is 9.59 Å². The van der Waals surface area contributed by atoms with E-state index in [9.17, 15) is 26.3 Å². The Bertz CT molecular complexity index is 813. The molecule has 4 rings (SSSR count). The van der Waals surface area contributed by atoms with E-state index < -0.39 is 24.3 Å². The summed E-state index contributed by atoms with van der Waals surface area (Å²) in [5.41, 5.74) is 1.33. The van der Waals surface area contributed by atoms with Crippen molar-refractivity contribution in [3.63, 3.8) is 0 Å². The van der Waals surface area contributed by atoms with Gasteiger partial charge in [0.15, 0.2) is 0 Å². The highest BCUT2D eigenvalue weighted by molar-refractivity contribution is 8.01. The molecule has 0 amide bonds. The number of carboxylic acids is 2. The maximum absolute atomic E-state index is 10.6. The number of ether oxygens (including phenoxy) is 1. The summed E-state index contributed by atoms with van der Waals surface area (Å²) in [4.78, 5) is 20.3. The van der Waals surface area contributed by atoms with Gasteiger partial charge in [-0.15, -0.1) is 11.8 Å². The number of thioether (sulfide) groups is 1. The third-order valence-electron chi connectivity index (χ3n) is 5.11. The van der Waals surface area contributed by atoms with Crippen LogP contribution < -0.4 is 0 Å². The van der Waals surface area contributed by atoms with Crippen LogP contribution in [0.25, 0.3) is 0 Å². The minimum absolute atomic E-state index is 0.496. The van der Waals surface area contributed by atoms with E-state index in [1.54, 1.807) is 0 Å². The Balaban J connectivity index is 0.000000244. The summed E-state index contributed by atoms with van der Waals surface area (Å²) in [6.07, 6.45) is -1.51. The van der Waals surface area contributed by atoms with Gasteiger partial charge in [0.05, 0.1) is 12.3 Å². The van der Waals surface area contributed by atoms with Crippen molar-refractivity contribution in [2.45, 2.75) is 49.0 Å². The molecule has 3 aliphatic rings. The molecule has 1 aromatic rings. The summed E-state index contributed by atoms with van der Waals surface area (Å²) < 4.78 is 71.9. The van der Waals surface area contributed by atoms with Crippen molar-refractivity contribution in [3.8, 4) is 0 Å².